The van der Waals surface area contributed by atoms with Gasteiger partial charge >= 0.3 is 0 Å². The van der Waals surface area contributed by atoms with Crippen LogP contribution < -0.4 is 4.90 Å². The Morgan fingerprint density at radius 3 is 2.42 bits per heavy atom. The molecule has 1 nitrogen and oxygen atoms in total. The van der Waals surface area contributed by atoms with E-state index < -0.39 is 0 Å². The van der Waals surface area contributed by atoms with Crippen molar-refractivity contribution in [2.75, 3.05) is 18.5 Å². The summed E-state index contributed by atoms with van der Waals surface area (Å²) < 4.78 is 0. The summed E-state index contributed by atoms with van der Waals surface area (Å²) in [6.45, 7) is 0.849. The molecule has 0 saturated carbocycles. The van der Waals surface area contributed by atoms with Gasteiger partial charge in [-0.05, 0) is 36.2 Å². The summed E-state index contributed by atoms with van der Waals surface area (Å²) >= 11 is 18.0. The third-order valence-corrected chi connectivity index (χ3v) is 4.03. The Kier molecular flexibility index (Phi) is 4.98. The van der Waals surface area contributed by atoms with Crippen LogP contribution in [0.5, 0.6) is 0 Å². The predicted molar refractivity (Wildman–Crippen MR) is 83.7 cm³/mol. The zero-order chi connectivity index (χ0) is 13.8. The molecule has 2 aromatic carbocycles. The summed E-state index contributed by atoms with van der Waals surface area (Å²) in [4.78, 5) is 2.15. The Bertz CT molecular complexity index is 552. The second-order valence-electron chi connectivity index (χ2n) is 4.28. The average molecular weight is 314 g/mol. The maximum atomic E-state index is 6.14. The van der Waals surface area contributed by atoms with Gasteiger partial charge < -0.3 is 4.90 Å². The second-order valence-corrected chi connectivity index (χ2v) is 5.47. The van der Waals surface area contributed by atoms with Gasteiger partial charge in [0.25, 0.3) is 0 Å². The first-order chi connectivity index (χ1) is 9.08. The van der Waals surface area contributed by atoms with Crippen LogP contribution in [0.15, 0.2) is 36.4 Å². The molecule has 0 aliphatic rings. The van der Waals surface area contributed by atoms with E-state index in [-0.39, 0.29) is 0 Å². The molecule has 0 aliphatic carbocycles. The number of hydrogen-bond acceptors (Lipinski definition) is 1. The van der Waals surface area contributed by atoms with Gasteiger partial charge in [-0.2, -0.15) is 0 Å². The Morgan fingerprint density at radius 2 is 1.74 bits per heavy atom. The van der Waals surface area contributed by atoms with Crippen molar-refractivity contribution in [3.05, 3.63) is 63.1 Å². The molecule has 0 amide bonds. The SMILES string of the molecule is CN(CCc1cc[c]c(Cl)c1Cl)c1ccc(Cl)cc1. The fourth-order valence-corrected chi connectivity index (χ4v) is 2.32. The molecule has 99 valence electrons. The van der Waals surface area contributed by atoms with E-state index in [4.69, 9.17) is 34.8 Å². The van der Waals surface area contributed by atoms with E-state index in [2.05, 4.69) is 11.0 Å². The summed E-state index contributed by atoms with van der Waals surface area (Å²) in [5, 5.41) is 1.81. The van der Waals surface area contributed by atoms with Crippen molar-refractivity contribution in [1.29, 1.82) is 0 Å². The third-order valence-electron chi connectivity index (χ3n) is 2.95. The van der Waals surface area contributed by atoms with Gasteiger partial charge in [0.05, 0.1) is 10.0 Å². The minimum absolute atomic E-state index is 0.480. The van der Waals surface area contributed by atoms with Crippen molar-refractivity contribution >= 4 is 40.5 Å². The Labute approximate surface area is 128 Å². The smallest absolute Gasteiger partial charge is 0.0674 e. The van der Waals surface area contributed by atoms with Crippen molar-refractivity contribution < 1.29 is 0 Å². The average Bonchev–Trinajstić information content (AvgIpc) is 2.41. The molecule has 0 unspecified atom stereocenters. The molecule has 2 aromatic rings. The lowest BCUT2D eigenvalue weighted by atomic mass is 10.1. The Balaban J connectivity index is 2.02. The highest BCUT2D eigenvalue weighted by atomic mass is 35.5. The normalized spacial score (nSPS) is 10.5. The van der Waals surface area contributed by atoms with Crippen LogP contribution in [0.25, 0.3) is 0 Å². The minimum Gasteiger partial charge on any atom is -0.374 e. The largest absolute Gasteiger partial charge is 0.374 e. The number of anilines is 1. The molecular formula is C15H13Cl3N. The summed E-state index contributed by atoms with van der Waals surface area (Å²) in [5.74, 6) is 0. The molecule has 2 rings (SSSR count). The maximum absolute atomic E-state index is 6.14. The van der Waals surface area contributed by atoms with Crippen LogP contribution in [0.2, 0.25) is 15.1 Å². The number of hydrogen-bond donors (Lipinski definition) is 0. The molecule has 0 fully saturated rings. The van der Waals surface area contributed by atoms with Crippen LogP contribution in [-0.2, 0) is 6.42 Å². The molecule has 0 N–H and O–H groups in total. The highest BCUT2D eigenvalue weighted by Gasteiger charge is 2.06. The van der Waals surface area contributed by atoms with Crippen molar-refractivity contribution in [2.45, 2.75) is 6.42 Å². The van der Waals surface area contributed by atoms with Gasteiger partial charge in [-0.3, -0.25) is 0 Å². The van der Waals surface area contributed by atoms with Crippen LogP contribution in [0.1, 0.15) is 5.56 Å². The van der Waals surface area contributed by atoms with Crippen LogP contribution in [0.3, 0.4) is 0 Å². The van der Waals surface area contributed by atoms with Crippen LogP contribution in [-0.4, -0.2) is 13.6 Å². The van der Waals surface area contributed by atoms with Crippen molar-refractivity contribution in [3.63, 3.8) is 0 Å². The monoisotopic (exact) mass is 312 g/mol. The highest BCUT2D eigenvalue weighted by Crippen LogP contribution is 2.26. The lowest BCUT2D eigenvalue weighted by molar-refractivity contribution is 0.877. The van der Waals surface area contributed by atoms with Crippen molar-refractivity contribution in [2.24, 2.45) is 0 Å². The maximum Gasteiger partial charge on any atom is 0.0674 e. The van der Waals surface area contributed by atoms with E-state index in [9.17, 15) is 0 Å². The van der Waals surface area contributed by atoms with Crippen LogP contribution in [0, 0.1) is 6.07 Å². The van der Waals surface area contributed by atoms with Gasteiger partial charge in [0.15, 0.2) is 0 Å². The standard InChI is InChI=1S/C15H13Cl3N/c1-19(13-7-5-12(16)6-8-13)10-9-11-3-2-4-14(17)15(11)18/h2-3,5-8H,9-10H2,1H3. The Morgan fingerprint density at radius 1 is 1.05 bits per heavy atom. The van der Waals surface area contributed by atoms with E-state index in [1.165, 1.54) is 0 Å². The first-order valence-corrected chi connectivity index (χ1v) is 7.02. The van der Waals surface area contributed by atoms with E-state index in [1.54, 1.807) is 6.07 Å². The van der Waals surface area contributed by atoms with Gasteiger partial charge in [0, 0.05) is 30.4 Å². The molecule has 19 heavy (non-hydrogen) atoms. The van der Waals surface area contributed by atoms with Gasteiger partial charge in [-0.25, -0.2) is 0 Å². The Hall–Kier alpha value is -0.890. The topological polar surface area (TPSA) is 3.24 Å². The van der Waals surface area contributed by atoms with Gasteiger partial charge in [-0.15, -0.1) is 0 Å². The molecule has 0 atom stereocenters. The zero-order valence-corrected chi connectivity index (χ0v) is 12.7. The molecular weight excluding hydrogens is 301 g/mol. The van der Waals surface area contributed by atoms with Crippen LogP contribution >= 0.6 is 34.8 Å². The number of benzene rings is 2. The summed E-state index contributed by atoms with van der Waals surface area (Å²) in [7, 11) is 2.04. The van der Waals surface area contributed by atoms with E-state index in [0.29, 0.717) is 10.0 Å². The van der Waals surface area contributed by atoms with Gasteiger partial charge in [-0.1, -0.05) is 46.9 Å². The number of nitrogens with zero attached hydrogens (tertiary/aromatic N) is 1. The molecule has 0 saturated heterocycles. The zero-order valence-electron chi connectivity index (χ0n) is 10.5. The molecule has 0 aliphatic heterocycles. The van der Waals surface area contributed by atoms with E-state index >= 15 is 0 Å². The first-order valence-electron chi connectivity index (χ1n) is 5.89. The molecule has 4 heteroatoms. The van der Waals surface area contributed by atoms with Gasteiger partial charge in [0.2, 0.25) is 0 Å². The summed E-state index contributed by atoms with van der Waals surface area (Å²) in [5.41, 5.74) is 2.15. The second kappa shape index (κ2) is 6.51. The summed E-state index contributed by atoms with van der Waals surface area (Å²) in [6, 6.07) is 14.4. The highest BCUT2D eigenvalue weighted by molar-refractivity contribution is 6.42. The third kappa shape index (κ3) is 3.79. The fourth-order valence-electron chi connectivity index (χ4n) is 1.80. The minimum atomic E-state index is 0.480. The van der Waals surface area contributed by atoms with Crippen molar-refractivity contribution in [3.8, 4) is 0 Å². The lowest BCUT2D eigenvalue weighted by Crippen LogP contribution is -2.20. The number of likely N-dealkylation sites (N-methyl/N-ethyl adjacent to an activating group) is 1. The first kappa shape index (κ1) is 14.5. The molecule has 1 radical (unpaired) electrons. The van der Waals surface area contributed by atoms with E-state index in [1.807, 2.05) is 37.4 Å². The lowest BCUT2D eigenvalue weighted by Gasteiger charge is -2.19. The molecule has 0 spiro atoms. The number of rotatable bonds is 4. The van der Waals surface area contributed by atoms with Crippen molar-refractivity contribution in [1.82, 2.24) is 0 Å². The quantitative estimate of drug-likeness (QED) is 0.756. The molecule has 0 aromatic heterocycles. The van der Waals surface area contributed by atoms with Gasteiger partial charge in [0.1, 0.15) is 0 Å². The summed E-state index contributed by atoms with van der Waals surface area (Å²) in [6.07, 6.45) is 0.826. The van der Waals surface area contributed by atoms with Crippen LogP contribution in [0.4, 0.5) is 5.69 Å². The predicted octanol–water partition coefficient (Wildman–Crippen LogP) is 5.13. The molecule has 0 heterocycles. The number of halogens is 3. The fraction of sp³-hybridized carbons (Fsp3) is 0.200. The molecule has 0 bridgehead atoms. The van der Waals surface area contributed by atoms with E-state index in [0.717, 1.165) is 29.2 Å².